The number of morpholine rings is 1. The average molecular weight is 434 g/mol. The molecule has 9 heteroatoms. The fourth-order valence-electron chi connectivity index (χ4n) is 3.23. The van der Waals surface area contributed by atoms with Crippen molar-refractivity contribution in [2.45, 2.75) is 6.04 Å². The quantitative estimate of drug-likeness (QED) is 0.322. The van der Waals surface area contributed by atoms with E-state index < -0.39 is 0 Å². The zero-order valence-corrected chi connectivity index (χ0v) is 19.0. The van der Waals surface area contributed by atoms with E-state index in [1.807, 2.05) is 18.2 Å². The minimum atomic E-state index is -0.0654. The number of nitrogens with one attached hydrogen (secondary N) is 2. The van der Waals surface area contributed by atoms with Crippen molar-refractivity contribution < 1.29 is 19.0 Å². The Morgan fingerprint density at radius 2 is 1.97 bits per heavy atom. The molecule has 0 saturated carbocycles. The van der Waals surface area contributed by atoms with Gasteiger partial charge < -0.3 is 29.7 Å². The largest absolute Gasteiger partial charge is 0.493 e. The van der Waals surface area contributed by atoms with Gasteiger partial charge in [0, 0.05) is 40.3 Å². The highest BCUT2D eigenvalue weighted by molar-refractivity contribution is 5.84. The van der Waals surface area contributed by atoms with Crippen LogP contribution in [-0.2, 0) is 9.53 Å². The SMILES string of the molecule is C=CCNC(=NCC(=O)N(C)C)NCC(c1ccc(OC)c(OC)c1)N1CCOCC1. The van der Waals surface area contributed by atoms with Gasteiger partial charge in [0.2, 0.25) is 5.91 Å². The molecule has 1 aliphatic heterocycles. The second-order valence-electron chi connectivity index (χ2n) is 7.28. The molecule has 2 N–H and O–H groups in total. The van der Waals surface area contributed by atoms with Crippen LogP contribution in [0.1, 0.15) is 11.6 Å². The van der Waals surface area contributed by atoms with Gasteiger partial charge in [-0.15, -0.1) is 6.58 Å². The monoisotopic (exact) mass is 433 g/mol. The number of aliphatic imine (C=N–C) groups is 1. The second-order valence-corrected chi connectivity index (χ2v) is 7.28. The lowest BCUT2D eigenvalue weighted by molar-refractivity contribution is -0.127. The first-order chi connectivity index (χ1) is 15.0. The molecular weight excluding hydrogens is 398 g/mol. The van der Waals surface area contributed by atoms with Crippen molar-refractivity contribution in [3.05, 3.63) is 36.4 Å². The van der Waals surface area contributed by atoms with E-state index in [-0.39, 0.29) is 18.5 Å². The number of benzene rings is 1. The molecule has 0 aliphatic carbocycles. The van der Waals surface area contributed by atoms with Crippen molar-refractivity contribution in [2.24, 2.45) is 4.99 Å². The molecule has 1 amide bonds. The molecule has 2 rings (SSSR count). The number of amides is 1. The number of guanidine groups is 1. The van der Waals surface area contributed by atoms with E-state index in [1.54, 1.807) is 34.4 Å². The van der Waals surface area contributed by atoms with Crippen molar-refractivity contribution in [2.75, 3.05) is 74.3 Å². The number of rotatable bonds is 10. The summed E-state index contributed by atoms with van der Waals surface area (Å²) in [6, 6.07) is 6.03. The predicted octanol–water partition coefficient (Wildman–Crippen LogP) is 0.887. The van der Waals surface area contributed by atoms with Gasteiger partial charge in [-0.05, 0) is 17.7 Å². The number of hydrogen-bond donors (Lipinski definition) is 2. The van der Waals surface area contributed by atoms with Crippen LogP contribution in [0.2, 0.25) is 0 Å². The second kappa shape index (κ2) is 12.8. The average Bonchev–Trinajstić information content (AvgIpc) is 2.80. The van der Waals surface area contributed by atoms with E-state index in [0.717, 1.165) is 18.7 Å². The maximum absolute atomic E-state index is 12.0. The number of carbonyl (C=O) groups is 1. The first kappa shape index (κ1) is 24.5. The van der Waals surface area contributed by atoms with Crippen LogP contribution in [0.5, 0.6) is 11.5 Å². The van der Waals surface area contributed by atoms with Crippen LogP contribution >= 0.6 is 0 Å². The molecule has 1 atom stereocenters. The zero-order chi connectivity index (χ0) is 22.6. The summed E-state index contributed by atoms with van der Waals surface area (Å²) < 4.78 is 16.4. The first-order valence-corrected chi connectivity index (χ1v) is 10.4. The number of methoxy groups -OCH3 is 2. The van der Waals surface area contributed by atoms with Crippen LogP contribution in [0, 0.1) is 0 Å². The molecule has 172 valence electrons. The lowest BCUT2D eigenvalue weighted by Crippen LogP contribution is -2.46. The summed E-state index contributed by atoms with van der Waals surface area (Å²) in [5, 5.41) is 6.55. The van der Waals surface area contributed by atoms with Gasteiger partial charge in [-0.1, -0.05) is 12.1 Å². The Labute approximate surface area is 185 Å². The van der Waals surface area contributed by atoms with E-state index in [1.165, 1.54) is 4.90 Å². The molecular formula is C22H35N5O4. The molecule has 0 spiro atoms. The summed E-state index contributed by atoms with van der Waals surface area (Å²) in [5.74, 6) is 1.88. The van der Waals surface area contributed by atoms with Gasteiger partial charge in [0.05, 0.1) is 33.5 Å². The smallest absolute Gasteiger partial charge is 0.243 e. The Balaban J connectivity index is 2.21. The standard InChI is InChI=1S/C22H35N5O4/c1-6-9-23-22(25-16-21(28)26(2)3)24-15-18(27-10-12-31-13-11-27)17-7-8-19(29-4)20(14-17)30-5/h6-8,14,18H,1,9-13,15-16H2,2-5H3,(H2,23,24,25). The Kier molecular flexibility index (Phi) is 10.1. The van der Waals surface area contributed by atoms with Gasteiger partial charge in [-0.2, -0.15) is 0 Å². The van der Waals surface area contributed by atoms with Gasteiger partial charge in [-0.3, -0.25) is 9.69 Å². The third-order valence-electron chi connectivity index (χ3n) is 5.03. The van der Waals surface area contributed by atoms with Gasteiger partial charge in [0.25, 0.3) is 0 Å². The zero-order valence-electron chi connectivity index (χ0n) is 19.0. The molecule has 1 fully saturated rings. The Morgan fingerprint density at radius 1 is 1.26 bits per heavy atom. The minimum absolute atomic E-state index is 0.0592. The summed E-state index contributed by atoms with van der Waals surface area (Å²) in [6.07, 6.45) is 1.75. The van der Waals surface area contributed by atoms with Crippen LogP contribution in [0.4, 0.5) is 0 Å². The van der Waals surface area contributed by atoms with Gasteiger partial charge >= 0.3 is 0 Å². The van der Waals surface area contributed by atoms with Crippen molar-refractivity contribution >= 4 is 11.9 Å². The van der Waals surface area contributed by atoms with E-state index in [4.69, 9.17) is 14.2 Å². The van der Waals surface area contributed by atoms with Crippen molar-refractivity contribution in [1.82, 2.24) is 20.4 Å². The van der Waals surface area contributed by atoms with E-state index in [9.17, 15) is 4.79 Å². The molecule has 1 aliphatic rings. The highest BCUT2D eigenvalue weighted by atomic mass is 16.5. The molecule has 1 heterocycles. The van der Waals surface area contributed by atoms with Crippen LogP contribution < -0.4 is 20.1 Å². The maximum atomic E-state index is 12.0. The molecule has 1 saturated heterocycles. The summed E-state index contributed by atoms with van der Waals surface area (Å²) in [7, 11) is 6.69. The molecule has 0 radical (unpaired) electrons. The molecule has 1 unspecified atom stereocenters. The highest BCUT2D eigenvalue weighted by Gasteiger charge is 2.24. The molecule has 31 heavy (non-hydrogen) atoms. The predicted molar refractivity (Wildman–Crippen MR) is 122 cm³/mol. The minimum Gasteiger partial charge on any atom is -0.493 e. The third kappa shape index (κ3) is 7.45. The third-order valence-corrected chi connectivity index (χ3v) is 5.03. The highest BCUT2D eigenvalue weighted by Crippen LogP contribution is 2.32. The van der Waals surface area contributed by atoms with Crippen LogP contribution in [0.15, 0.2) is 35.8 Å². The number of hydrogen-bond acceptors (Lipinski definition) is 6. The Hall–Kier alpha value is -2.78. The Bertz CT molecular complexity index is 747. The molecule has 9 nitrogen and oxygen atoms in total. The Morgan fingerprint density at radius 3 is 2.58 bits per heavy atom. The molecule has 1 aromatic rings. The van der Waals surface area contributed by atoms with Crippen molar-refractivity contribution in [3.8, 4) is 11.5 Å². The van der Waals surface area contributed by atoms with Gasteiger partial charge in [0.15, 0.2) is 17.5 Å². The lowest BCUT2D eigenvalue weighted by Gasteiger charge is -2.35. The summed E-state index contributed by atoms with van der Waals surface area (Å²) in [4.78, 5) is 20.3. The number of ether oxygens (including phenoxy) is 3. The summed E-state index contributed by atoms with van der Waals surface area (Å²) >= 11 is 0. The topological polar surface area (TPSA) is 87.7 Å². The van der Waals surface area contributed by atoms with E-state index >= 15 is 0 Å². The van der Waals surface area contributed by atoms with Crippen LogP contribution in [0.3, 0.4) is 0 Å². The molecule has 0 bridgehead atoms. The summed E-state index contributed by atoms with van der Waals surface area (Å²) in [5.41, 5.74) is 1.10. The van der Waals surface area contributed by atoms with Crippen molar-refractivity contribution in [3.63, 3.8) is 0 Å². The number of likely N-dealkylation sites (N-methyl/N-ethyl adjacent to an activating group) is 1. The van der Waals surface area contributed by atoms with Crippen LogP contribution in [0.25, 0.3) is 0 Å². The van der Waals surface area contributed by atoms with Crippen LogP contribution in [-0.4, -0.2) is 95.9 Å². The number of nitrogens with zero attached hydrogens (tertiary/aromatic N) is 3. The van der Waals surface area contributed by atoms with Gasteiger partial charge in [0.1, 0.15) is 6.54 Å². The molecule has 0 aromatic heterocycles. The van der Waals surface area contributed by atoms with E-state index in [2.05, 4.69) is 27.1 Å². The fraction of sp³-hybridized carbons (Fsp3) is 0.545. The number of carbonyl (C=O) groups excluding carboxylic acids is 1. The van der Waals surface area contributed by atoms with Gasteiger partial charge in [-0.25, -0.2) is 4.99 Å². The first-order valence-electron chi connectivity index (χ1n) is 10.4. The molecule has 1 aromatic carbocycles. The van der Waals surface area contributed by atoms with Crippen molar-refractivity contribution in [1.29, 1.82) is 0 Å². The normalized spacial score (nSPS) is 15.7. The summed E-state index contributed by atoms with van der Waals surface area (Å²) in [6.45, 7) is 7.98. The fourth-order valence-corrected chi connectivity index (χ4v) is 3.23. The maximum Gasteiger partial charge on any atom is 0.243 e. The van der Waals surface area contributed by atoms with E-state index in [0.29, 0.717) is 43.8 Å². The lowest BCUT2D eigenvalue weighted by atomic mass is 10.0.